The number of hydrogen-bond acceptors (Lipinski definition) is 3. The van der Waals surface area contributed by atoms with E-state index in [0.29, 0.717) is 5.69 Å². The van der Waals surface area contributed by atoms with Crippen LogP contribution in [0.5, 0.6) is 0 Å². The quantitative estimate of drug-likeness (QED) is 0.848. The minimum absolute atomic E-state index is 0.261. The predicted octanol–water partition coefficient (Wildman–Crippen LogP) is 3.77. The van der Waals surface area contributed by atoms with Gasteiger partial charge < -0.3 is 5.73 Å². The minimum atomic E-state index is -3.33. The van der Waals surface area contributed by atoms with E-state index in [2.05, 4.69) is 22.9 Å². The Morgan fingerprint density at radius 2 is 2.00 bits per heavy atom. The van der Waals surface area contributed by atoms with Crippen molar-refractivity contribution in [1.29, 1.82) is 0 Å². The van der Waals surface area contributed by atoms with Gasteiger partial charge in [0.25, 0.3) is 0 Å². The van der Waals surface area contributed by atoms with Crippen molar-refractivity contribution in [3.63, 3.8) is 0 Å². The molecule has 1 saturated carbocycles. The molecule has 3 nitrogen and oxygen atoms in total. The second kappa shape index (κ2) is 5.83. The maximum atomic E-state index is 12.8. The van der Waals surface area contributed by atoms with E-state index in [4.69, 9.17) is 5.73 Å². The van der Waals surface area contributed by atoms with Gasteiger partial charge in [0.15, 0.2) is 9.84 Å². The molecule has 1 fully saturated rings. The first-order valence-electron chi connectivity index (χ1n) is 6.75. The van der Waals surface area contributed by atoms with Gasteiger partial charge in [-0.05, 0) is 37.0 Å². The molecule has 19 heavy (non-hydrogen) atoms. The van der Waals surface area contributed by atoms with Crippen molar-refractivity contribution in [2.75, 3.05) is 5.73 Å². The number of sulfone groups is 1. The van der Waals surface area contributed by atoms with Crippen LogP contribution in [-0.4, -0.2) is 13.7 Å². The highest BCUT2D eigenvalue weighted by molar-refractivity contribution is 9.10. The summed E-state index contributed by atoms with van der Waals surface area (Å²) >= 11 is 3.32. The smallest absolute Gasteiger partial charge is 0.183 e. The molecule has 1 aromatic carbocycles. The summed E-state index contributed by atoms with van der Waals surface area (Å²) in [7, 11) is -3.33. The molecule has 2 unspecified atom stereocenters. The lowest BCUT2D eigenvalue weighted by Gasteiger charge is -2.30. The molecule has 1 aliphatic rings. The van der Waals surface area contributed by atoms with E-state index in [1.165, 1.54) is 0 Å². The van der Waals surface area contributed by atoms with Crippen LogP contribution in [0.3, 0.4) is 0 Å². The third-order valence-electron chi connectivity index (χ3n) is 4.04. The maximum Gasteiger partial charge on any atom is 0.183 e. The Balaban J connectivity index is 2.43. The second-order valence-corrected chi connectivity index (χ2v) is 8.27. The maximum absolute atomic E-state index is 12.8. The first kappa shape index (κ1) is 14.9. The summed E-state index contributed by atoms with van der Waals surface area (Å²) in [6, 6.07) is 5.05. The Morgan fingerprint density at radius 3 is 2.68 bits per heavy atom. The Labute approximate surface area is 123 Å². The van der Waals surface area contributed by atoms with E-state index >= 15 is 0 Å². The normalized spacial score (nSPS) is 24.3. The second-order valence-electron chi connectivity index (χ2n) is 5.22. The summed E-state index contributed by atoms with van der Waals surface area (Å²) < 4.78 is 26.4. The molecule has 1 aromatic rings. The molecular weight excluding hydrogens is 326 g/mol. The molecule has 0 aromatic heterocycles. The number of anilines is 1. The van der Waals surface area contributed by atoms with Gasteiger partial charge in [0, 0.05) is 4.47 Å². The highest BCUT2D eigenvalue weighted by Crippen LogP contribution is 2.37. The summed E-state index contributed by atoms with van der Waals surface area (Å²) in [6.45, 7) is 2.07. The van der Waals surface area contributed by atoms with Gasteiger partial charge in [-0.2, -0.15) is 0 Å². The molecule has 106 valence electrons. The lowest BCUT2D eigenvalue weighted by atomic mass is 9.87. The minimum Gasteiger partial charge on any atom is -0.398 e. The highest BCUT2D eigenvalue weighted by atomic mass is 79.9. The number of nitrogen functional groups attached to an aromatic ring is 1. The average molecular weight is 346 g/mol. The Hall–Kier alpha value is -0.550. The lowest BCUT2D eigenvalue weighted by molar-refractivity contribution is 0.348. The van der Waals surface area contributed by atoms with Crippen molar-refractivity contribution in [2.24, 2.45) is 5.92 Å². The molecule has 0 radical (unpaired) electrons. The zero-order valence-electron chi connectivity index (χ0n) is 11.1. The van der Waals surface area contributed by atoms with Crippen LogP contribution in [-0.2, 0) is 9.84 Å². The number of benzene rings is 1. The van der Waals surface area contributed by atoms with Gasteiger partial charge in [0.1, 0.15) is 0 Å². The van der Waals surface area contributed by atoms with E-state index in [9.17, 15) is 8.42 Å². The van der Waals surface area contributed by atoms with Gasteiger partial charge in [-0.25, -0.2) is 8.42 Å². The Morgan fingerprint density at radius 1 is 1.32 bits per heavy atom. The molecule has 2 rings (SSSR count). The monoisotopic (exact) mass is 345 g/mol. The van der Waals surface area contributed by atoms with Crippen LogP contribution in [0, 0.1) is 5.92 Å². The lowest BCUT2D eigenvalue weighted by Crippen LogP contribution is -2.33. The van der Waals surface area contributed by atoms with Crippen LogP contribution in [0.1, 0.15) is 39.0 Å². The Kier molecular flexibility index (Phi) is 4.56. The van der Waals surface area contributed by atoms with Crippen molar-refractivity contribution >= 4 is 31.5 Å². The van der Waals surface area contributed by atoms with E-state index in [1.54, 1.807) is 18.2 Å². The van der Waals surface area contributed by atoms with Crippen LogP contribution in [0.2, 0.25) is 0 Å². The molecule has 0 aliphatic heterocycles. The standard InChI is InChI=1S/C14H20BrNO2S/c1-2-10-5-3-4-6-13(10)19(17,18)14-9-11(15)7-8-12(14)16/h7-10,13H,2-6,16H2,1H3. The molecule has 0 amide bonds. The Bertz CT molecular complexity index is 557. The summed E-state index contributed by atoms with van der Waals surface area (Å²) in [5, 5.41) is -0.275. The zero-order valence-corrected chi connectivity index (χ0v) is 13.5. The van der Waals surface area contributed by atoms with E-state index < -0.39 is 9.84 Å². The van der Waals surface area contributed by atoms with Crippen molar-refractivity contribution in [1.82, 2.24) is 0 Å². The molecular formula is C14H20BrNO2S. The molecule has 0 spiro atoms. The largest absolute Gasteiger partial charge is 0.398 e. The fourth-order valence-corrected chi connectivity index (χ4v) is 5.81. The van der Waals surface area contributed by atoms with Crippen molar-refractivity contribution in [3.05, 3.63) is 22.7 Å². The van der Waals surface area contributed by atoms with Crippen molar-refractivity contribution in [2.45, 2.75) is 49.2 Å². The van der Waals surface area contributed by atoms with Gasteiger partial charge >= 0.3 is 0 Å². The SMILES string of the molecule is CCC1CCCCC1S(=O)(=O)c1cc(Br)ccc1N. The van der Waals surface area contributed by atoms with Gasteiger partial charge in [-0.15, -0.1) is 0 Å². The summed E-state index contributed by atoms with van der Waals surface area (Å²) in [6.07, 6.45) is 4.81. The van der Waals surface area contributed by atoms with Gasteiger partial charge in [0.2, 0.25) is 0 Å². The van der Waals surface area contributed by atoms with E-state index in [-0.39, 0.29) is 16.1 Å². The van der Waals surface area contributed by atoms with Crippen LogP contribution in [0.4, 0.5) is 5.69 Å². The summed E-state index contributed by atoms with van der Waals surface area (Å²) in [5.41, 5.74) is 6.22. The summed E-state index contributed by atoms with van der Waals surface area (Å²) in [4.78, 5) is 0.284. The molecule has 0 saturated heterocycles. The fourth-order valence-electron chi connectivity index (χ4n) is 2.97. The summed E-state index contributed by atoms with van der Waals surface area (Å²) in [5.74, 6) is 0.261. The van der Waals surface area contributed by atoms with E-state index in [1.807, 2.05) is 0 Å². The molecule has 2 atom stereocenters. The molecule has 5 heteroatoms. The number of rotatable bonds is 3. The van der Waals surface area contributed by atoms with Crippen molar-refractivity contribution < 1.29 is 8.42 Å². The van der Waals surface area contributed by atoms with Crippen LogP contribution in [0.15, 0.2) is 27.6 Å². The first-order chi connectivity index (χ1) is 8.96. The van der Waals surface area contributed by atoms with Crippen molar-refractivity contribution in [3.8, 4) is 0 Å². The van der Waals surface area contributed by atoms with Crippen LogP contribution < -0.4 is 5.73 Å². The van der Waals surface area contributed by atoms with Gasteiger partial charge in [-0.1, -0.05) is 42.1 Å². The number of nitrogens with two attached hydrogens (primary N) is 1. The molecule has 2 N–H and O–H groups in total. The molecule has 0 heterocycles. The number of hydrogen-bond donors (Lipinski definition) is 1. The molecule has 1 aliphatic carbocycles. The molecule has 0 bridgehead atoms. The highest BCUT2D eigenvalue weighted by Gasteiger charge is 2.36. The third-order valence-corrected chi connectivity index (χ3v) is 6.92. The van der Waals surface area contributed by atoms with Crippen LogP contribution >= 0.6 is 15.9 Å². The predicted molar refractivity (Wildman–Crippen MR) is 81.8 cm³/mol. The average Bonchev–Trinajstić information content (AvgIpc) is 2.41. The fraction of sp³-hybridized carbons (Fsp3) is 0.571. The topological polar surface area (TPSA) is 60.2 Å². The first-order valence-corrected chi connectivity index (χ1v) is 9.09. The zero-order chi connectivity index (χ0) is 14.0. The van der Waals surface area contributed by atoms with Gasteiger partial charge in [0.05, 0.1) is 15.8 Å². The van der Waals surface area contributed by atoms with Gasteiger partial charge in [-0.3, -0.25) is 0 Å². The number of halogens is 1. The third kappa shape index (κ3) is 2.97. The van der Waals surface area contributed by atoms with E-state index in [0.717, 1.165) is 36.6 Å². The van der Waals surface area contributed by atoms with Crippen LogP contribution in [0.25, 0.3) is 0 Å².